The molecule has 1 unspecified atom stereocenters. The zero-order valence-electron chi connectivity index (χ0n) is 12.8. The van der Waals surface area contributed by atoms with Crippen LogP contribution in [0.15, 0.2) is 23.1 Å². The standard InChI is InChI=1S/C16H25NO2S/c1-11(2)15(10-18)17-16(19)7-8-20-14-6-5-12(3)13(4)9-14/h5-6,9,11,15,18H,7-8,10H2,1-4H3,(H,17,19). The van der Waals surface area contributed by atoms with Crippen LogP contribution in [0.3, 0.4) is 0 Å². The van der Waals surface area contributed by atoms with Crippen LogP contribution in [-0.2, 0) is 4.79 Å². The Morgan fingerprint density at radius 1 is 1.30 bits per heavy atom. The normalized spacial score (nSPS) is 12.5. The topological polar surface area (TPSA) is 49.3 Å². The molecule has 4 heteroatoms. The maximum atomic E-state index is 11.8. The van der Waals surface area contributed by atoms with Crippen LogP contribution in [0.25, 0.3) is 0 Å². The highest BCUT2D eigenvalue weighted by molar-refractivity contribution is 7.99. The van der Waals surface area contributed by atoms with Crippen molar-refractivity contribution in [1.29, 1.82) is 0 Å². The lowest BCUT2D eigenvalue weighted by Gasteiger charge is -2.19. The van der Waals surface area contributed by atoms with Gasteiger partial charge in [0.1, 0.15) is 0 Å². The summed E-state index contributed by atoms with van der Waals surface area (Å²) in [6.45, 7) is 8.17. The van der Waals surface area contributed by atoms with Gasteiger partial charge >= 0.3 is 0 Å². The van der Waals surface area contributed by atoms with Crippen LogP contribution >= 0.6 is 11.8 Å². The van der Waals surface area contributed by atoms with E-state index < -0.39 is 0 Å². The molecule has 3 nitrogen and oxygen atoms in total. The van der Waals surface area contributed by atoms with Crippen LogP contribution < -0.4 is 5.32 Å². The smallest absolute Gasteiger partial charge is 0.221 e. The predicted molar refractivity (Wildman–Crippen MR) is 85.1 cm³/mol. The van der Waals surface area contributed by atoms with Gasteiger partial charge in [-0.25, -0.2) is 0 Å². The van der Waals surface area contributed by atoms with Crippen molar-refractivity contribution in [2.24, 2.45) is 5.92 Å². The molecule has 0 aromatic heterocycles. The molecule has 1 rings (SSSR count). The first-order valence-electron chi connectivity index (χ1n) is 7.04. The zero-order chi connectivity index (χ0) is 15.1. The number of carbonyl (C=O) groups excluding carboxylic acids is 1. The fourth-order valence-corrected chi connectivity index (χ4v) is 2.71. The first-order chi connectivity index (χ1) is 9.43. The minimum atomic E-state index is -0.144. The molecule has 1 amide bonds. The Kier molecular flexibility index (Phi) is 7.10. The molecular formula is C16H25NO2S. The van der Waals surface area contributed by atoms with Gasteiger partial charge in [-0.15, -0.1) is 11.8 Å². The van der Waals surface area contributed by atoms with Gasteiger partial charge in [-0.2, -0.15) is 0 Å². The number of benzene rings is 1. The fourth-order valence-electron chi connectivity index (χ4n) is 1.77. The summed E-state index contributed by atoms with van der Waals surface area (Å²) in [4.78, 5) is 13.0. The monoisotopic (exact) mass is 295 g/mol. The molecule has 0 aliphatic heterocycles. The molecule has 1 aromatic carbocycles. The summed E-state index contributed by atoms with van der Waals surface area (Å²) in [5, 5.41) is 12.1. The maximum Gasteiger partial charge on any atom is 0.221 e. The highest BCUT2D eigenvalue weighted by Gasteiger charge is 2.14. The third kappa shape index (κ3) is 5.55. The summed E-state index contributed by atoms with van der Waals surface area (Å²) in [5.74, 6) is 1.01. The van der Waals surface area contributed by atoms with E-state index in [1.165, 1.54) is 16.0 Å². The second-order valence-corrected chi connectivity index (χ2v) is 6.61. The second kappa shape index (κ2) is 8.32. The van der Waals surface area contributed by atoms with Gasteiger partial charge in [0.25, 0.3) is 0 Å². The van der Waals surface area contributed by atoms with E-state index >= 15 is 0 Å². The molecule has 20 heavy (non-hydrogen) atoms. The summed E-state index contributed by atoms with van der Waals surface area (Å²) >= 11 is 1.69. The Morgan fingerprint density at radius 3 is 2.55 bits per heavy atom. The van der Waals surface area contributed by atoms with Crippen LogP contribution in [0.5, 0.6) is 0 Å². The molecule has 1 atom stereocenters. The lowest BCUT2D eigenvalue weighted by molar-refractivity contribution is -0.122. The van der Waals surface area contributed by atoms with Crippen LogP contribution in [0.2, 0.25) is 0 Å². The number of aryl methyl sites for hydroxylation is 2. The van der Waals surface area contributed by atoms with Gasteiger partial charge < -0.3 is 10.4 Å². The molecule has 0 heterocycles. The molecule has 112 valence electrons. The number of aliphatic hydroxyl groups excluding tert-OH is 1. The number of thioether (sulfide) groups is 1. The summed E-state index contributed by atoms with van der Waals surface area (Å²) < 4.78 is 0. The number of aliphatic hydroxyl groups is 1. The number of hydrogen-bond donors (Lipinski definition) is 2. The molecule has 0 radical (unpaired) electrons. The predicted octanol–water partition coefficient (Wildman–Crippen LogP) is 2.92. The quantitative estimate of drug-likeness (QED) is 0.760. The van der Waals surface area contributed by atoms with Gasteiger partial charge in [0, 0.05) is 17.1 Å². The van der Waals surface area contributed by atoms with Crippen LogP contribution in [-0.4, -0.2) is 29.4 Å². The van der Waals surface area contributed by atoms with Crippen molar-refractivity contribution < 1.29 is 9.90 Å². The Labute approximate surface area is 126 Å². The Morgan fingerprint density at radius 2 is 2.00 bits per heavy atom. The minimum absolute atomic E-state index is 0.00624. The van der Waals surface area contributed by atoms with E-state index in [0.29, 0.717) is 6.42 Å². The van der Waals surface area contributed by atoms with Crippen LogP contribution in [0.1, 0.15) is 31.4 Å². The molecular weight excluding hydrogens is 270 g/mol. The second-order valence-electron chi connectivity index (χ2n) is 5.45. The third-order valence-electron chi connectivity index (χ3n) is 3.42. The average molecular weight is 295 g/mol. The van der Waals surface area contributed by atoms with Crippen molar-refractivity contribution in [2.45, 2.75) is 45.1 Å². The molecule has 0 saturated carbocycles. The Hall–Kier alpha value is -1.00. The van der Waals surface area contributed by atoms with Crippen molar-refractivity contribution in [1.82, 2.24) is 5.32 Å². The Bertz CT molecular complexity index is 446. The van der Waals surface area contributed by atoms with E-state index in [1.807, 2.05) is 13.8 Å². The van der Waals surface area contributed by atoms with Crippen LogP contribution in [0.4, 0.5) is 0 Å². The van der Waals surface area contributed by atoms with Crippen LogP contribution in [0, 0.1) is 19.8 Å². The number of nitrogens with one attached hydrogen (secondary N) is 1. The van der Waals surface area contributed by atoms with Gasteiger partial charge in [-0.1, -0.05) is 19.9 Å². The van der Waals surface area contributed by atoms with Crippen molar-refractivity contribution in [3.05, 3.63) is 29.3 Å². The molecule has 0 spiro atoms. The molecule has 0 fully saturated rings. The number of rotatable bonds is 7. The molecule has 0 aliphatic rings. The summed E-state index contributed by atoms with van der Waals surface area (Å²) in [5.41, 5.74) is 2.56. The van der Waals surface area contributed by atoms with E-state index in [0.717, 1.165) is 5.75 Å². The van der Waals surface area contributed by atoms with Gasteiger partial charge in [-0.3, -0.25) is 4.79 Å². The van der Waals surface area contributed by atoms with E-state index in [1.54, 1.807) is 11.8 Å². The summed E-state index contributed by atoms with van der Waals surface area (Å²) in [6, 6.07) is 6.21. The van der Waals surface area contributed by atoms with Gasteiger partial charge in [0.05, 0.1) is 12.6 Å². The molecule has 0 bridgehead atoms. The van der Waals surface area contributed by atoms with E-state index in [2.05, 4.69) is 37.4 Å². The van der Waals surface area contributed by atoms with Gasteiger partial charge in [0.15, 0.2) is 0 Å². The number of hydrogen-bond acceptors (Lipinski definition) is 3. The average Bonchev–Trinajstić information content (AvgIpc) is 2.39. The van der Waals surface area contributed by atoms with E-state index in [4.69, 9.17) is 0 Å². The molecule has 2 N–H and O–H groups in total. The largest absolute Gasteiger partial charge is 0.394 e. The van der Waals surface area contributed by atoms with Gasteiger partial charge in [0.2, 0.25) is 5.91 Å². The highest BCUT2D eigenvalue weighted by atomic mass is 32.2. The first kappa shape index (κ1) is 17.1. The number of amides is 1. The summed E-state index contributed by atoms with van der Waals surface area (Å²) in [6.07, 6.45) is 0.473. The van der Waals surface area contributed by atoms with E-state index in [-0.39, 0.29) is 24.5 Å². The lowest BCUT2D eigenvalue weighted by atomic mass is 10.1. The molecule has 1 aromatic rings. The summed E-state index contributed by atoms with van der Waals surface area (Å²) in [7, 11) is 0. The van der Waals surface area contributed by atoms with Gasteiger partial charge in [-0.05, 0) is 43.0 Å². The third-order valence-corrected chi connectivity index (χ3v) is 4.42. The SMILES string of the molecule is Cc1ccc(SCCC(=O)NC(CO)C(C)C)cc1C. The fraction of sp³-hybridized carbons (Fsp3) is 0.562. The zero-order valence-corrected chi connectivity index (χ0v) is 13.6. The Balaban J connectivity index is 2.36. The molecule has 0 aliphatic carbocycles. The lowest BCUT2D eigenvalue weighted by Crippen LogP contribution is -2.41. The van der Waals surface area contributed by atoms with Crippen molar-refractivity contribution >= 4 is 17.7 Å². The highest BCUT2D eigenvalue weighted by Crippen LogP contribution is 2.21. The van der Waals surface area contributed by atoms with Crippen molar-refractivity contribution in [2.75, 3.05) is 12.4 Å². The minimum Gasteiger partial charge on any atom is -0.394 e. The molecule has 0 saturated heterocycles. The van der Waals surface area contributed by atoms with Crippen molar-refractivity contribution in [3.63, 3.8) is 0 Å². The first-order valence-corrected chi connectivity index (χ1v) is 8.03. The number of carbonyl (C=O) groups is 1. The maximum absolute atomic E-state index is 11.8. The van der Waals surface area contributed by atoms with E-state index in [9.17, 15) is 9.90 Å². The van der Waals surface area contributed by atoms with Crippen molar-refractivity contribution in [3.8, 4) is 0 Å².